The lowest BCUT2D eigenvalue weighted by atomic mass is 10.3. The summed E-state index contributed by atoms with van der Waals surface area (Å²) >= 11 is 0. The van der Waals surface area contributed by atoms with Crippen LogP contribution >= 0.6 is 0 Å². The van der Waals surface area contributed by atoms with Gasteiger partial charge in [-0.15, -0.1) is 0 Å². The maximum Gasteiger partial charge on any atom is 0.325 e. The molecule has 1 aliphatic rings. The van der Waals surface area contributed by atoms with Crippen LogP contribution < -0.4 is 0 Å². The number of ether oxygens (including phenoxy) is 1. The van der Waals surface area contributed by atoms with Crippen molar-refractivity contribution in [1.29, 1.82) is 0 Å². The molecule has 2 amide bonds. The van der Waals surface area contributed by atoms with E-state index in [2.05, 4.69) is 4.74 Å². The average molecular weight is 286 g/mol. The van der Waals surface area contributed by atoms with E-state index >= 15 is 0 Å². The molecule has 1 N–H and O–H groups in total. The van der Waals surface area contributed by atoms with E-state index in [0.29, 0.717) is 0 Å². The van der Waals surface area contributed by atoms with E-state index in [9.17, 15) is 14.4 Å². The van der Waals surface area contributed by atoms with Crippen LogP contribution in [0.1, 0.15) is 33.1 Å². The Morgan fingerprint density at radius 3 is 2.30 bits per heavy atom. The standard InChI is InChI=1S/C13H22N2O5/c1-9(2)15(8-12(18)20-3)13(19)14(10-4-5-10)7-6-11(16)17/h9-10H,4-8H2,1-3H3,(H,16,17). The Labute approximate surface area is 118 Å². The Bertz CT molecular complexity index is 379. The second kappa shape index (κ2) is 7.12. The largest absolute Gasteiger partial charge is 0.481 e. The molecular formula is C13H22N2O5. The molecule has 0 radical (unpaired) electrons. The van der Waals surface area contributed by atoms with E-state index < -0.39 is 11.9 Å². The molecule has 1 saturated carbocycles. The van der Waals surface area contributed by atoms with Crippen molar-refractivity contribution in [2.45, 2.75) is 45.2 Å². The van der Waals surface area contributed by atoms with Crippen molar-refractivity contribution in [2.75, 3.05) is 20.2 Å². The third-order valence-corrected chi connectivity index (χ3v) is 3.20. The second-order valence-corrected chi connectivity index (χ2v) is 5.15. The molecule has 1 fully saturated rings. The van der Waals surface area contributed by atoms with Gasteiger partial charge >= 0.3 is 18.0 Å². The van der Waals surface area contributed by atoms with Gasteiger partial charge in [0.25, 0.3) is 0 Å². The van der Waals surface area contributed by atoms with Gasteiger partial charge in [-0.3, -0.25) is 9.59 Å². The maximum atomic E-state index is 12.5. The summed E-state index contributed by atoms with van der Waals surface area (Å²) in [6.45, 7) is 3.67. The smallest absolute Gasteiger partial charge is 0.325 e. The van der Waals surface area contributed by atoms with Gasteiger partial charge in [0.15, 0.2) is 0 Å². The summed E-state index contributed by atoms with van der Waals surface area (Å²) in [4.78, 5) is 37.5. The number of methoxy groups -OCH3 is 1. The van der Waals surface area contributed by atoms with Crippen LogP contribution in [0.3, 0.4) is 0 Å². The zero-order chi connectivity index (χ0) is 15.3. The summed E-state index contributed by atoms with van der Waals surface area (Å²) in [5.41, 5.74) is 0. The Kier molecular flexibility index (Phi) is 5.79. The van der Waals surface area contributed by atoms with E-state index in [4.69, 9.17) is 5.11 Å². The molecule has 0 heterocycles. The minimum absolute atomic E-state index is 0.0909. The predicted molar refractivity (Wildman–Crippen MR) is 71.2 cm³/mol. The van der Waals surface area contributed by atoms with Crippen molar-refractivity contribution in [3.63, 3.8) is 0 Å². The van der Waals surface area contributed by atoms with Gasteiger partial charge in [-0.25, -0.2) is 4.79 Å². The number of nitrogens with zero attached hydrogens (tertiary/aromatic N) is 2. The Balaban J connectivity index is 2.73. The zero-order valence-electron chi connectivity index (χ0n) is 12.2. The van der Waals surface area contributed by atoms with Crippen molar-refractivity contribution < 1.29 is 24.2 Å². The van der Waals surface area contributed by atoms with Crippen LogP contribution in [0, 0.1) is 0 Å². The molecule has 0 saturated heterocycles. The van der Waals surface area contributed by atoms with Crippen LogP contribution in [-0.2, 0) is 14.3 Å². The summed E-state index contributed by atoms with van der Waals surface area (Å²) in [7, 11) is 1.27. The molecule has 20 heavy (non-hydrogen) atoms. The molecule has 0 bridgehead atoms. The lowest BCUT2D eigenvalue weighted by molar-refractivity contribution is -0.142. The summed E-state index contributed by atoms with van der Waals surface area (Å²) in [5.74, 6) is -1.42. The topological polar surface area (TPSA) is 87.2 Å². The highest BCUT2D eigenvalue weighted by Crippen LogP contribution is 2.28. The fourth-order valence-electron chi connectivity index (χ4n) is 1.88. The predicted octanol–water partition coefficient (Wildman–Crippen LogP) is 0.929. The van der Waals surface area contributed by atoms with Crippen molar-refractivity contribution in [3.8, 4) is 0 Å². The lowest BCUT2D eigenvalue weighted by Gasteiger charge is -2.32. The molecule has 0 aromatic heterocycles. The quantitative estimate of drug-likeness (QED) is 0.703. The lowest BCUT2D eigenvalue weighted by Crippen LogP contribution is -2.50. The van der Waals surface area contributed by atoms with Crippen LogP contribution in [0.2, 0.25) is 0 Å². The first-order valence-corrected chi connectivity index (χ1v) is 6.72. The molecular weight excluding hydrogens is 264 g/mol. The molecule has 7 heteroatoms. The van der Waals surface area contributed by atoms with Crippen LogP contribution in [0.5, 0.6) is 0 Å². The summed E-state index contributed by atoms with van der Waals surface area (Å²) in [6.07, 6.45) is 1.68. The number of carboxylic acids is 1. The normalized spacial score (nSPS) is 14.0. The van der Waals surface area contributed by atoms with Gasteiger partial charge in [-0.05, 0) is 26.7 Å². The van der Waals surface area contributed by atoms with Gasteiger partial charge in [-0.1, -0.05) is 0 Å². The minimum atomic E-state index is -0.937. The van der Waals surface area contributed by atoms with E-state index in [0.717, 1.165) is 12.8 Å². The number of carbonyl (C=O) groups is 3. The van der Waals surface area contributed by atoms with Gasteiger partial charge in [0.1, 0.15) is 6.54 Å². The van der Waals surface area contributed by atoms with Crippen LogP contribution in [0.15, 0.2) is 0 Å². The van der Waals surface area contributed by atoms with Crippen molar-refractivity contribution in [1.82, 2.24) is 9.80 Å². The first-order valence-electron chi connectivity index (χ1n) is 6.72. The number of aliphatic carboxylic acids is 1. The molecule has 114 valence electrons. The molecule has 0 unspecified atom stereocenters. The van der Waals surface area contributed by atoms with Gasteiger partial charge in [-0.2, -0.15) is 0 Å². The number of hydrogen-bond donors (Lipinski definition) is 1. The molecule has 0 aliphatic heterocycles. The molecule has 1 rings (SSSR count). The van der Waals surface area contributed by atoms with Crippen LogP contribution in [0.25, 0.3) is 0 Å². The molecule has 0 spiro atoms. The molecule has 1 aliphatic carbocycles. The van der Waals surface area contributed by atoms with Gasteiger partial charge in [0.2, 0.25) is 0 Å². The highest BCUT2D eigenvalue weighted by atomic mass is 16.5. The highest BCUT2D eigenvalue weighted by molar-refractivity contribution is 5.82. The van der Waals surface area contributed by atoms with E-state index in [1.807, 2.05) is 13.8 Å². The third kappa shape index (κ3) is 4.71. The van der Waals surface area contributed by atoms with Crippen molar-refractivity contribution in [3.05, 3.63) is 0 Å². The first-order chi connectivity index (χ1) is 9.36. The second-order valence-electron chi connectivity index (χ2n) is 5.15. The molecule has 0 aromatic rings. The Morgan fingerprint density at radius 2 is 1.90 bits per heavy atom. The molecule has 7 nitrogen and oxygen atoms in total. The molecule has 0 aromatic carbocycles. The monoisotopic (exact) mass is 286 g/mol. The summed E-state index contributed by atoms with van der Waals surface area (Å²) < 4.78 is 4.59. The van der Waals surface area contributed by atoms with Gasteiger partial charge in [0, 0.05) is 18.6 Å². The number of esters is 1. The van der Waals surface area contributed by atoms with Crippen LogP contribution in [-0.4, -0.2) is 65.2 Å². The number of carboxylic acid groups (broad SMARTS) is 1. The number of amides is 2. The maximum absolute atomic E-state index is 12.5. The molecule has 0 atom stereocenters. The van der Waals surface area contributed by atoms with Crippen molar-refractivity contribution >= 4 is 18.0 Å². The van der Waals surface area contributed by atoms with E-state index in [-0.39, 0.29) is 37.6 Å². The minimum Gasteiger partial charge on any atom is -0.481 e. The Hall–Kier alpha value is -1.79. The van der Waals surface area contributed by atoms with Crippen LogP contribution in [0.4, 0.5) is 4.79 Å². The summed E-state index contributed by atoms with van der Waals surface area (Å²) in [6, 6.07) is -0.359. The highest BCUT2D eigenvalue weighted by Gasteiger charge is 2.36. The zero-order valence-corrected chi connectivity index (χ0v) is 12.2. The van der Waals surface area contributed by atoms with E-state index in [1.54, 1.807) is 4.90 Å². The SMILES string of the molecule is COC(=O)CN(C(=O)N(CCC(=O)O)C1CC1)C(C)C. The fourth-order valence-corrected chi connectivity index (χ4v) is 1.88. The number of hydrogen-bond acceptors (Lipinski definition) is 4. The van der Waals surface area contributed by atoms with Gasteiger partial charge in [0.05, 0.1) is 13.5 Å². The summed E-state index contributed by atoms with van der Waals surface area (Å²) in [5, 5.41) is 8.75. The third-order valence-electron chi connectivity index (χ3n) is 3.20. The number of rotatable bonds is 7. The van der Waals surface area contributed by atoms with Crippen molar-refractivity contribution in [2.24, 2.45) is 0 Å². The average Bonchev–Trinajstić information content (AvgIpc) is 3.19. The fraction of sp³-hybridized carbons (Fsp3) is 0.769. The first kappa shape index (κ1) is 16.3. The number of urea groups is 1. The Morgan fingerprint density at radius 1 is 1.30 bits per heavy atom. The number of carbonyl (C=O) groups excluding carboxylic acids is 2. The van der Waals surface area contributed by atoms with E-state index in [1.165, 1.54) is 12.0 Å². The van der Waals surface area contributed by atoms with Gasteiger partial charge < -0.3 is 19.6 Å².